The molecule has 127 heavy (non-hydrogen) atoms. The lowest BCUT2D eigenvalue weighted by Crippen LogP contribution is -2.62. The highest BCUT2D eigenvalue weighted by atomic mass is 16.4. The van der Waals surface area contributed by atoms with Crippen molar-refractivity contribution in [2.75, 3.05) is 19.6 Å². The lowest BCUT2D eigenvalue weighted by atomic mass is 9.98. The summed E-state index contributed by atoms with van der Waals surface area (Å²) >= 11 is 0. The summed E-state index contributed by atoms with van der Waals surface area (Å²) in [6.45, 7) is 16.7. The minimum Gasteiger partial charge on any atom is -0.508 e. The molecule has 22 N–H and O–H groups in total. The van der Waals surface area contributed by atoms with Crippen LogP contribution in [0.4, 0.5) is 0 Å². The highest BCUT2D eigenvalue weighted by molar-refractivity contribution is 6.02. The zero-order valence-electron chi connectivity index (χ0n) is 73.5. The SMILES string of the molecule is CC(C)C[C@H](NC(=O)[C@H](CCCCN)NC(=O)[C@@H](NC(=O)[C@H](CC(C)C)NC(=O)[C@@H]1CCCN1C(=O)[C@H](CC(=O)O)NC(=O)[C@H](Cc1ccc(O)cc1)NC(=O)[C@H](Cc1c[nH]c2ccccc12)NC(=O)[C@H](Cc1ccc(O)cc1)NC(=O)[C@H](C)N)[C@@H](C)O)C(=O)N[C@@H](Cc1c[nH]c2ccccc12)C(=O)N[C@@H](CC(C)C)C(=O)N1CCC[C@H]1C(=O)N[C@H](C(=O)O)C(C)C. The van der Waals surface area contributed by atoms with E-state index in [-0.39, 0.29) is 126 Å². The van der Waals surface area contributed by atoms with Crippen LogP contribution in [0.1, 0.15) is 162 Å². The van der Waals surface area contributed by atoms with Gasteiger partial charge in [0.1, 0.15) is 90.0 Å². The summed E-state index contributed by atoms with van der Waals surface area (Å²) in [5.74, 6) is -15.8. The minimum atomic E-state index is -1.93. The predicted octanol–water partition coefficient (Wildman–Crippen LogP) is 1.86. The second kappa shape index (κ2) is 47.2. The molecule has 6 aromatic rings. The first-order valence-electron chi connectivity index (χ1n) is 43.4. The van der Waals surface area contributed by atoms with Crippen molar-refractivity contribution in [3.8, 4) is 11.5 Å². The van der Waals surface area contributed by atoms with Crippen LogP contribution in [0.3, 0.4) is 0 Å². The number of phenols is 2. The van der Waals surface area contributed by atoms with Crippen molar-refractivity contribution in [1.29, 1.82) is 0 Å². The van der Waals surface area contributed by atoms with E-state index in [0.717, 1.165) is 10.3 Å². The van der Waals surface area contributed by atoms with Crippen LogP contribution in [-0.4, -0.2) is 244 Å². The maximum absolute atomic E-state index is 15.1. The van der Waals surface area contributed by atoms with Gasteiger partial charge in [-0.1, -0.05) is 116 Å². The second-order valence-electron chi connectivity index (χ2n) is 34.7. The lowest BCUT2D eigenvalue weighted by Gasteiger charge is -2.32. The Morgan fingerprint density at radius 3 is 1.21 bits per heavy atom. The molecule has 0 aliphatic carbocycles. The van der Waals surface area contributed by atoms with Crippen LogP contribution in [-0.2, 0) is 97.6 Å². The number of nitrogens with zero attached hydrogens (tertiary/aromatic N) is 2. The molecule has 37 nitrogen and oxygen atoms in total. The van der Waals surface area contributed by atoms with Crippen molar-refractivity contribution >= 4 is 111 Å². The normalized spacial score (nSPS) is 17.0. The van der Waals surface area contributed by atoms with Gasteiger partial charge in [-0.2, -0.15) is 0 Å². The molecule has 13 amide bonds. The Kier molecular flexibility index (Phi) is 37.1. The molecule has 2 fully saturated rings. The number of aromatic amines is 2. The highest BCUT2D eigenvalue weighted by Crippen LogP contribution is 2.27. The van der Waals surface area contributed by atoms with E-state index in [0.29, 0.717) is 51.5 Å². The summed E-state index contributed by atoms with van der Waals surface area (Å²) < 4.78 is 0. The maximum atomic E-state index is 15.1. The number of aliphatic hydroxyl groups is 1. The summed E-state index contributed by atoms with van der Waals surface area (Å²) in [5, 5.41) is 82.7. The van der Waals surface area contributed by atoms with Crippen molar-refractivity contribution in [2.24, 2.45) is 35.1 Å². The first kappa shape index (κ1) is 99.9. The number of carboxylic acid groups (broad SMARTS) is 2. The number of nitrogens with two attached hydrogens (primary N) is 2. The van der Waals surface area contributed by atoms with E-state index in [1.807, 2.05) is 32.0 Å². The van der Waals surface area contributed by atoms with Gasteiger partial charge >= 0.3 is 11.9 Å². The van der Waals surface area contributed by atoms with Crippen LogP contribution in [0.15, 0.2) is 109 Å². The molecule has 0 bridgehead atoms. The first-order chi connectivity index (χ1) is 60.2. The number of phenolic OH excluding ortho intramolecular Hbond substituents is 2. The Bertz CT molecular complexity index is 4840. The molecule has 0 spiro atoms. The van der Waals surface area contributed by atoms with E-state index >= 15 is 24.0 Å². The summed E-state index contributed by atoms with van der Waals surface area (Å²) in [7, 11) is 0. The van der Waals surface area contributed by atoms with Crippen molar-refractivity contribution < 1.29 is 97.5 Å². The molecule has 0 radical (unpaired) electrons. The van der Waals surface area contributed by atoms with E-state index in [4.69, 9.17) is 11.5 Å². The molecular weight excluding hydrogens is 1640 g/mol. The zero-order chi connectivity index (χ0) is 93.2. The number of para-hydroxylation sites is 2. The number of unbranched alkanes of at least 4 members (excludes halogenated alkanes) is 1. The fourth-order valence-corrected chi connectivity index (χ4v) is 15.7. The van der Waals surface area contributed by atoms with Crippen LogP contribution < -0.4 is 70.0 Å². The Hall–Kier alpha value is -12.5. The van der Waals surface area contributed by atoms with Gasteiger partial charge in [0.2, 0.25) is 76.8 Å². The number of aromatic hydroxyl groups is 2. The third kappa shape index (κ3) is 29.0. The molecule has 4 aromatic carbocycles. The maximum Gasteiger partial charge on any atom is 0.326 e. The van der Waals surface area contributed by atoms with Gasteiger partial charge in [0, 0.05) is 73.0 Å². The molecule has 0 unspecified atom stereocenters. The minimum absolute atomic E-state index is 0.0187. The largest absolute Gasteiger partial charge is 0.508 e. The molecule has 2 aliphatic heterocycles. The number of nitrogens with one attached hydrogen (secondary N) is 13. The number of rotatable bonds is 47. The van der Waals surface area contributed by atoms with Gasteiger partial charge in [-0.15, -0.1) is 0 Å². The number of amides is 13. The molecule has 37 heteroatoms. The van der Waals surface area contributed by atoms with Crippen LogP contribution in [0.2, 0.25) is 0 Å². The zero-order valence-corrected chi connectivity index (χ0v) is 73.5. The molecule has 4 heterocycles. The van der Waals surface area contributed by atoms with Crippen LogP contribution >= 0.6 is 0 Å². The molecule has 15 atom stereocenters. The van der Waals surface area contributed by atoms with Gasteiger partial charge in [0.25, 0.3) is 0 Å². The summed E-state index contributed by atoms with van der Waals surface area (Å²) in [4.78, 5) is 224. The van der Waals surface area contributed by atoms with E-state index in [1.165, 1.54) is 67.3 Å². The van der Waals surface area contributed by atoms with E-state index in [1.54, 1.807) is 84.3 Å². The monoisotopic (exact) mass is 1760 g/mol. The number of hydrogen-bond acceptors (Lipinski definition) is 20. The molecule has 2 aromatic heterocycles. The van der Waals surface area contributed by atoms with Gasteiger partial charge in [-0.25, -0.2) is 4.79 Å². The van der Waals surface area contributed by atoms with Crippen LogP contribution in [0.25, 0.3) is 21.8 Å². The van der Waals surface area contributed by atoms with Crippen molar-refractivity contribution in [3.05, 3.63) is 132 Å². The van der Waals surface area contributed by atoms with Gasteiger partial charge in [-0.3, -0.25) is 67.1 Å². The number of aromatic nitrogens is 2. The van der Waals surface area contributed by atoms with Crippen LogP contribution in [0, 0.1) is 23.7 Å². The van der Waals surface area contributed by atoms with E-state index < -0.39 is 192 Å². The number of carbonyl (C=O) groups excluding carboxylic acids is 13. The molecule has 2 saturated heterocycles. The van der Waals surface area contributed by atoms with Gasteiger partial charge in [0.15, 0.2) is 0 Å². The van der Waals surface area contributed by atoms with E-state index in [9.17, 15) is 73.5 Å². The molecule has 2 aliphatic rings. The topological polar surface area (TPSA) is 580 Å². The lowest BCUT2D eigenvalue weighted by molar-refractivity contribution is -0.146. The molecule has 8 rings (SSSR count). The number of likely N-dealkylation sites (tertiary alicyclic amines) is 2. The highest BCUT2D eigenvalue weighted by Gasteiger charge is 2.45. The third-order valence-electron chi connectivity index (χ3n) is 22.4. The second-order valence-corrected chi connectivity index (χ2v) is 34.7. The van der Waals surface area contributed by atoms with Gasteiger partial charge in [0.05, 0.1) is 18.6 Å². The van der Waals surface area contributed by atoms with Gasteiger partial charge < -0.3 is 115 Å². The van der Waals surface area contributed by atoms with Crippen molar-refractivity contribution in [1.82, 2.24) is 78.3 Å². The average Bonchev–Trinajstić information content (AvgIpc) is 1.73. The number of hydrogen-bond donors (Lipinski definition) is 20. The third-order valence-corrected chi connectivity index (χ3v) is 22.4. The van der Waals surface area contributed by atoms with E-state index in [2.05, 4.69) is 68.5 Å². The number of aliphatic hydroxyl groups excluding tert-OH is 1. The number of carbonyl (C=O) groups is 15. The van der Waals surface area contributed by atoms with Crippen molar-refractivity contribution in [3.63, 3.8) is 0 Å². The van der Waals surface area contributed by atoms with Crippen LogP contribution in [0.5, 0.6) is 11.5 Å². The number of H-pyrrole nitrogens is 2. The number of carboxylic acids is 2. The average molecular weight is 1770 g/mol. The predicted molar refractivity (Wildman–Crippen MR) is 470 cm³/mol. The Labute approximate surface area is 737 Å². The Balaban J connectivity index is 0.987. The summed E-state index contributed by atoms with van der Waals surface area (Å²) in [5.41, 5.74) is 15.2. The Morgan fingerprint density at radius 2 is 0.787 bits per heavy atom. The molecule has 0 saturated carbocycles. The molecule has 690 valence electrons. The fourth-order valence-electron chi connectivity index (χ4n) is 15.7. The Morgan fingerprint density at radius 1 is 0.417 bits per heavy atom. The van der Waals surface area contributed by atoms with Crippen molar-refractivity contribution in [2.45, 2.75) is 256 Å². The summed E-state index contributed by atoms with van der Waals surface area (Å²) in [6, 6.07) is 5.59. The molecular formula is C90H125N17O20. The number of benzene rings is 4. The number of fused-ring (bicyclic) bond motifs is 2. The smallest absolute Gasteiger partial charge is 0.326 e. The summed E-state index contributed by atoms with van der Waals surface area (Å²) in [6.07, 6.45) is 0.971. The standard InChI is InChI=1S/C90H125N17O20/c1-47(2)37-64(79(115)99-69(43-56-46-94-62-22-14-12-20-60(56)62)83(119)102-70(39-49(5)6)88(124)107-36-18-25-73(107)86(122)104-75(50(7)8)90(126)127)97-78(114)63(23-15-16-34-91)95-87(123)76(52(10)108)105-84(120)65(38-48(3)4)101-85(121)72-24-17-35-106(72)89(125)71(44-74(111)112)103-81(117)67(41-54-28-32-58(110)33-29-54)98-82(118)68(42-55-45-93-61-21-13-11-19-59(55)61)100-80(116)66(96-77(113)51(9)92)40-53-26-30-57(109)31-27-53/h11-14,19-22,26-33,45-52,63-73,75-76,93-94,108-110H,15-18,23-25,34-44,91-92H2,1-10H3,(H,95,123)(H,96,113)(H,97,114)(H,98,118)(H,99,115)(H,100,116)(H,101,121)(H,102,119)(H,103,117)(H,104,122)(H,105,120)(H,111,112)(H,126,127)/t51-,52+,63-,64-,65-,66-,67-,68-,69-,70-,71-,72-,73-,75-,76-/m0/s1. The van der Waals surface area contributed by atoms with Gasteiger partial charge in [-0.05, 0) is 167 Å². The number of aliphatic carboxylic acids is 2. The fraction of sp³-hybridized carbons (Fsp3) is 0.522. The quantitative estimate of drug-likeness (QED) is 0.0242. The first-order valence-corrected chi connectivity index (χ1v) is 43.4.